The van der Waals surface area contributed by atoms with Gasteiger partial charge < -0.3 is 10.2 Å². The number of hydrogen-bond acceptors (Lipinski definition) is 5. The van der Waals surface area contributed by atoms with Crippen molar-refractivity contribution in [1.82, 2.24) is 14.2 Å². The first kappa shape index (κ1) is 14.9. The molecule has 0 saturated carbocycles. The molecule has 0 atom stereocenters. The van der Waals surface area contributed by atoms with Gasteiger partial charge in [-0.25, -0.2) is 13.4 Å². The molecule has 0 saturated heterocycles. The molecule has 0 spiro atoms. The summed E-state index contributed by atoms with van der Waals surface area (Å²) in [5.74, 6) is 0.643. The third kappa shape index (κ3) is 3.66. The van der Waals surface area contributed by atoms with Gasteiger partial charge in [-0.1, -0.05) is 0 Å². The fraction of sp³-hybridized carbons (Fsp3) is 0.545. The Balaban J connectivity index is 2.84. The smallest absolute Gasteiger partial charge is 0.244 e. The summed E-state index contributed by atoms with van der Waals surface area (Å²) < 4.78 is 25.7. The molecule has 1 heterocycles. The van der Waals surface area contributed by atoms with Gasteiger partial charge in [0.25, 0.3) is 0 Å². The molecule has 0 fully saturated rings. The van der Waals surface area contributed by atoms with E-state index in [2.05, 4.69) is 10.3 Å². The van der Waals surface area contributed by atoms with Crippen LogP contribution in [0.5, 0.6) is 0 Å². The minimum Gasteiger partial charge on any atom is -0.373 e. The number of aromatic nitrogens is 1. The molecule has 0 aliphatic heterocycles. The van der Waals surface area contributed by atoms with Gasteiger partial charge in [0.05, 0.1) is 0 Å². The molecule has 18 heavy (non-hydrogen) atoms. The van der Waals surface area contributed by atoms with E-state index in [1.165, 1.54) is 10.5 Å². The molecule has 0 aliphatic carbocycles. The predicted molar refractivity (Wildman–Crippen MR) is 72.2 cm³/mol. The topological polar surface area (TPSA) is 65.5 Å². The van der Waals surface area contributed by atoms with Crippen molar-refractivity contribution >= 4 is 15.8 Å². The van der Waals surface area contributed by atoms with Crippen LogP contribution in [0.15, 0.2) is 23.2 Å². The van der Waals surface area contributed by atoms with Crippen molar-refractivity contribution in [3.05, 3.63) is 18.3 Å². The molecule has 0 amide bonds. The first-order chi connectivity index (χ1) is 8.37. The number of likely N-dealkylation sites (N-methyl/N-ethyl adjacent to an activating group) is 2. The van der Waals surface area contributed by atoms with Gasteiger partial charge >= 0.3 is 0 Å². The van der Waals surface area contributed by atoms with E-state index in [0.29, 0.717) is 18.9 Å². The van der Waals surface area contributed by atoms with Gasteiger partial charge in [0, 0.05) is 33.4 Å². The Hall–Kier alpha value is -1.18. The van der Waals surface area contributed by atoms with E-state index in [1.54, 1.807) is 26.2 Å². The zero-order valence-corrected chi connectivity index (χ0v) is 12.0. The molecule has 0 bridgehead atoms. The van der Waals surface area contributed by atoms with Crippen LogP contribution in [-0.2, 0) is 10.0 Å². The highest BCUT2D eigenvalue weighted by Crippen LogP contribution is 2.14. The van der Waals surface area contributed by atoms with E-state index >= 15 is 0 Å². The van der Waals surface area contributed by atoms with Crippen molar-refractivity contribution < 1.29 is 8.42 Å². The molecule has 1 N–H and O–H groups in total. The number of rotatable bonds is 6. The summed E-state index contributed by atoms with van der Waals surface area (Å²) in [5.41, 5.74) is 0. The fourth-order valence-corrected chi connectivity index (χ4v) is 2.43. The first-order valence-electron chi connectivity index (χ1n) is 5.63. The first-order valence-corrected chi connectivity index (χ1v) is 7.07. The predicted octanol–water partition coefficient (Wildman–Crippen LogP) is 0.305. The van der Waals surface area contributed by atoms with Crippen molar-refractivity contribution in [2.24, 2.45) is 0 Å². The largest absolute Gasteiger partial charge is 0.373 e. The fourth-order valence-electron chi connectivity index (χ4n) is 1.32. The van der Waals surface area contributed by atoms with Gasteiger partial charge in [-0.05, 0) is 26.2 Å². The van der Waals surface area contributed by atoms with E-state index < -0.39 is 10.0 Å². The minimum absolute atomic E-state index is 0.211. The number of nitrogens with one attached hydrogen (secondary N) is 1. The average Bonchev–Trinajstić information content (AvgIpc) is 2.35. The lowest BCUT2D eigenvalue weighted by molar-refractivity contribution is 0.358. The second-order valence-electron chi connectivity index (χ2n) is 4.26. The van der Waals surface area contributed by atoms with Crippen molar-refractivity contribution in [2.45, 2.75) is 4.90 Å². The van der Waals surface area contributed by atoms with Crippen LogP contribution in [0.4, 0.5) is 5.82 Å². The SMILES string of the molecule is CNc1ccc(S(=O)(=O)N(C)CCN(C)C)cn1. The van der Waals surface area contributed by atoms with Crippen LogP contribution >= 0.6 is 0 Å². The minimum atomic E-state index is -3.44. The summed E-state index contributed by atoms with van der Waals surface area (Å²) >= 11 is 0. The van der Waals surface area contributed by atoms with Gasteiger partial charge in [-0.3, -0.25) is 0 Å². The van der Waals surface area contributed by atoms with Crippen LogP contribution in [-0.4, -0.2) is 63.9 Å². The molecule has 0 aromatic carbocycles. The van der Waals surface area contributed by atoms with Crippen LogP contribution in [0.2, 0.25) is 0 Å². The molecular weight excluding hydrogens is 252 g/mol. The molecule has 1 aromatic rings. The average molecular weight is 272 g/mol. The molecule has 0 radical (unpaired) electrons. The number of pyridine rings is 1. The number of hydrogen-bond donors (Lipinski definition) is 1. The molecule has 1 rings (SSSR count). The van der Waals surface area contributed by atoms with Crippen molar-refractivity contribution in [3.8, 4) is 0 Å². The van der Waals surface area contributed by atoms with Gasteiger partial charge in [0.2, 0.25) is 10.0 Å². The maximum atomic E-state index is 12.2. The quantitative estimate of drug-likeness (QED) is 0.807. The van der Waals surface area contributed by atoms with Crippen LogP contribution in [0, 0.1) is 0 Å². The summed E-state index contributed by atoms with van der Waals surface area (Å²) in [6.45, 7) is 1.13. The number of sulfonamides is 1. The van der Waals surface area contributed by atoms with Crippen LogP contribution in [0.25, 0.3) is 0 Å². The van der Waals surface area contributed by atoms with Gasteiger partial charge in [-0.15, -0.1) is 0 Å². The number of anilines is 1. The third-order valence-corrected chi connectivity index (χ3v) is 4.40. The maximum absolute atomic E-state index is 12.2. The number of nitrogens with zero attached hydrogens (tertiary/aromatic N) is 3. The summed E-state index contributed by atoms with van der Waals surface area (Å²) in [6.07, 6.45) is 1.37. The summed E-state index contributed by atoms with van der Waals surface area (Å²) in [6, 6.07) is 3.20. The maximum Gasteiger partial charge on any atom is 0.244 e. The molecule has 7 heteroatoms. The molecular formula is C11H20N4O2S. The van der Waals surface area contributed by atoms with Crippen LogP contribution in [0.1, 0.15) is 0 Å². The molecule has 6 nitrogen and oxygen atoms in total. The van der Waals surface area contributed by atoms with E-state index in [1.807, 2.05) is 19.0 Å². The summed E-state index contributed by atoms with van der Waals surface area (Å²) in [7, 11) is 3.68. The van der Waals surface area contributed by atoms with Crippen molar-refractivity contribution in [1.29, 1.82) is 0 Å². The van der Waals surface area contributed by atoms with Crippen molar-refractivity contribution in [2.75, 3.05) is 46.6 Å². The standard InChI is InChI=1S/C11H20N4O2S/c1-12-11-6-5-10(9-13-11)18(16,17)15(4)8-7-14(2)3/h5-6,9H,7-8H2,1-4H3,(H,12,13). The summed E-state index contributed by atoms with van der Waals surface area (Å²) in [5, 5.41) is 2.85. The summed E-state index contributed by atoms with van der Waals surface area (Å²) in [4.78, 5) is 6.16. The Morgan fingerprint density at radius 2 is 1.89 bits per heavy atom. The molecule has 0 aliphatic rings. The second kappa shape index (κ2) is 6.12. The lowest BCUT2D eigenvalue weighted by Crippen LogP contribution is -2.33. The van der Waals surface area contributed by atoms with Gasteiger partial charge in [0.15, 0.2) is 0 Å². The van der Waals surface area contributed by atoms with E-state index in [9.17, 15) is 8.42 Å². The van der Waals surface area contributed by atoms with Crippen molar-refractivity contribution in [3.63, 3.8) is 0 Å². The lowest BCUT2D eigenvalue weighted by Gasteiger charge is -2.19. The highest BCUT2D eigenvalue weighted by molar-refractivity contribution is 7.89. The Bertz CT molecular complexity index is 470. The van der Waals surface area contributed by atoms with E-state index in [-0.39, 0.29) is 4.90 Å². The van der Waals surface area contributed by atoms with E-state index in [0.717, 1.165) is 0 Å². The monoisotopic (exact) mass is 272 g/mol. The highest BCUT2D eigenvalue weighted by Gasteiger charge is 2.20. The third-order valence-electron chi connectivity index (χ3n) is 2.56. The molecule has 102 valence electrons. The Morgan fingerprint density at radius 3 is 2.33 bits per heavy atom. The second-order valence-corrected chi connectivity index (χ2v) is 6.30. The Labute approximate surface area is 109 Å². The highest BCUT2D eigenvalue weighted by atomic mass is 32.2. The van der Waals surface area contributed by atoms with E-state index in [4.69, 9.17) is 0 Å². The molecule has 0 unspecified atom stereocenters. The van der Waals surface area contributed by atoms with Gasteiger partial charge in [0.1, 0.15) is 10.7 Å². The van der Waals surface area contributed by atoms with Crippen LogP contribution in [0.3, 0.4) is 0 Å². The van der Waals surface area contributed by atoms with Gasteiger partial charge in [-0.2, -0.15) is 4.31 Å². The lowest BCUT2D eigenvalue weighted by atomic mass is 10.5. The zero-order chi connectivity index (χ0) is 13.8. The Kier molecular flexibility index (Phi) is 5.06. The normalized spacial score (nSPS) is 12.1. The Morgan fingerprint density at radius 1 is 1.22 bits per heavy atom. The molecule has 1 aromatic heterocycles. The van der Waals surface area contributed by atoms with Crippen LogP contribution < -0.4 is 5.32 Å². The zero-order valence-electron chi connectivity index (χ0n) is 11.2.